The Morgan fingerprint density at radius 3 is 2.56 bits per heavy atom. The van der Waals surface area contributed by atoms with Crippen molar-refractivity contribution in [3.63, 3.8) is 0 Å². The summed E-state index contributed by atoms with van der Waals surface area (Å²) in [6.07, 6.45) is 11.8. The van der Waals surface area contributed by atoms with E-state index < -0.39 is 18.2 Å². The molecule has 0 bridgehead atoms. The molecule has 1 saturated heterocycles. The molecule has 0 spiro atoms. The normalized spacial score (nSPS) is 42.4. The van der Waals surface area contributed by atoms with Gasteiger partial charge in [-0.05, 0) is 105 Å². The molecule has 196 valence electrons. The maximum absolute atomic E-state index is 13.2. The van der Waals surface area contributed by atoms with Gasteiger partial charge in [-0.1, -0.05) is 68.9 Å². The molecular formula is C28H49IO3SSi. The number of allylic oxidation sites excluding steroid dienone is 2. The van der Waals surface area contributed by atoms with Crippen molar-refractivity contribution in [2.24, 2.45) is 35.0 Å². The molecule has 0 aromatic heterocycles. The molecule has 1 aliphatic heterocycles. The fraction of sp³-hybridized carbons (Fsp3) is 0.929. The molecule has 0 amide bonds. The number of hydrogen-bond donors (Lipinski definition) is 0. The molecule has 3 nitrogen and oxygen atoms in total. The van der Waals surface area contributed by atoms with Gasteiger partial charge in [-0.15, -0.1) is 0 Å². The van der Waals surface area contributed by atoms with Crippen molar-refractivity contribution in [2.75, 3.05) is 10.2 Å². The smallest absolute Gasteiger partial charge is 0.192 e. The minimum atomic E-state index is -3.00. The van der Waals surface area contributed by atoms with Crippen molar-refractivity contribution >= 4 is 40.7 Å². The summed E-state index contributed by atoms with van der Waals surface area (Å²) in [6, 6.07) is 0. The van der Waals surface area contributed by atoms with Crippen LogP contribution in [0.1, 0.15) is 86.0 Å². The lowest BCUT2D eigenvalue weighted by atomic mass is 9.61. The summed E-state index contributed by atoms with van der Waals surface area (Å²) in [5, 5.41) is 0.0483. The molecule has 0 aromatic carbocycles. The van der Waals surface area contributed by atoms with E-state index in [1.165, 1.54) is 36.5 Å². The average Bonchev–Trinajstić information content (AvgIpc) is 3.20. The fourth-order valence-electron chi connectivity index (χ4n) is 8.02. The monoisotopic (exact) mass is 620 g/mol. The molecule has 0 aromatic rings. The Morgan fingerprint density at radius 1 is 1.21 bits per heavy atom. The maximum Gasteiger partial charge on any atom is 0.192 e. The molecule has 0 N–H and O–H groups in total. The van der Waals surface area contributed by atoms with Gasteiger partial charge >= 0.3 is 0 Å². The molecule has 4 aliphatic rings. The summed E-state index contributed by atoms with van der Waals surface area (Å²) in [6.45, 7) is 16.6. The topological polar surface area (TPSA) is 43.4 Å². The van der Waals surface area contributed by atoms with Gasteiger partial charge in [0.25, 0.3) is 0 Å². The van der Waals surface area contributed by atoms with E-state index >= 15 is 0 Å². The number of alkyl halides is 1. The third-order valence-corrected chi connectivity index (χ3v) is 19.2. The Labute approximate surface area is 224 Å². The minimum absolute atomic E-state index is 0.140. The third kappa shape index (κ3) is 5.01. The molecule has 6 heteroatoms. The predicted molar refractivity (Wildman–Crippen MR) is 155 cm³/mol. The zero-order chi connectivity index (χ0) is 25.1. The predicted octanol–water partition coefficient (Wildman–Crippen LogP) is 7.80. The minimum Gasteiger partial charge on any atom is -0.414 e. The lowest BCUT2D eigenvalue weighted by Crippen LogP contribution is -2.46. The van der Waals surface area contributed by atoms with Crippen molar-refractivity contribution in [1.29, 1.82) is 0 Å². The Hall–Kier alpha value is 0.597. The summed E-state index contributed by atoms with van der Waals surface area (Å²) in [5.74, 6) is 3.07. The van der Waals surface area contributed by atoms with Gasteiger partial charge in [-0.25, -0.2) is 8.42 Å². The highest BCUT2D eigenvalue weighted by atomic mass is 127. The maximum atomic E-state index is 13.2. The van der Waals surface area contributed by atoms with E-state index in [9.17, 15) is 8.42 Å². The summed E-state index contributed by atoms with van der Waals surface area (Å²) in [5.41, 5.74) is 2.02. The lowest BCUT2D eigenvalue weighted by molar-refractivity contribution is 0.0998. The van der Waals surface area contributed by atoms with Gasteiger partial charge in [-0.3, -0.25) is 0 Å². The van der Waals surface area contributed by atoms with Crippen LogP contribution < -0.4 is 0 Å². The summed E-state index contributed by atoms with van der Waals surface area (Å²) >= 11 is 2.57. The highest BCUT2D eigenvalue weighted by Gasteiger charge is 2.53. The first-order valence-corrected chi connectivity index (χ1v) is 20.0. The molecule has 34 heavy (non-hydrogen) atoms. The second-order valence-corrected chi connectivity index (χ2v) is 21.9. The number of fused-ring (bicyclic) bond motifs is 2. The van der Waals surface area contributed by atoms with Gasteiger partial charge in [0.2, 0.25) is 0 Å². The quantitative estimate of drug-likeness (QED) is 0.136. The SMILES string of the molecule is C[C@H](CI)[C@H]1CC[C@@H]2/C(=C/[C@@H]3CS(=O)(=O)[C@H]4CC[C@H](O[Si](C)(C)C(C)(C)C)C[C@H]34)CCC[C@@]21C. The van der Waals surface area contributed by atoms with Crippen LogP contribution in [-0.4, -0.2) is 38.3 Å². The number of sulfone groups is 1. The van der Waals surface area contributed by atoms with Crippen molar-refractivity contribution in [1.82, 2.24) is 0 Å². The lowest BCUT2D eigenvalue weighted by Gasteiger charge is -2.45. The zero-order valence-electron chi connectivity index (χ0n) is 22.7. The third-order valence-electron chi connectivity index (χ3n) is 10.9. The molecule has 4 fully saturated rings. The number of hydrogen-bond acceptors (Lipinski definition) is 3. The van der Waals surface area contributed by atoms with Crippen LogP contribution in [0.5, 0.6) is 0 Å². The van der Waals surface area contributed by atoms with Crippen LogP contribution in [0.3, 0.4) is 0 Å². The first kappa shape index (κ1) is 27.6. The molecular weight excluding hydrogens is 571 g/mol. The van der Waals surface area contributed by atoms with Crippen LogP contribution in [0.4, 0.5) is 0 Å². The van der Waals surface area contributed by atoms with Gasteiger partial charge in [-0.2, -0.15) is 0 Å². The Bertz CT molecular complexity index is 892. The van der Waals surface area contributed by atoms with E-state index in [-0.39, 0.29) is 28.2 Å². The van der Waals surface area contributed by atoms with Gasteiger partial charge < -0.3 is 4.43 Å². The van der Waals surface area contributed by atoms with Crippen LogP contribution in [0.15, 0.2) is 11.6 Å². The highest BCUT2D eigenvalue weighted by Crippen LogP contribution is 2.60. The number of halogens is 1. The van der Waals surface area contributed by atoms with Crippen molar-refractivity contribution in [2.45, 2.75) is 115 Å². The van der Waals surface area contributed by atoms with E-state index in [0.29, 0.717) is 17.1 Å². The summed E-state index contributed by atoms with van der Waals surface area (Å²) in [7, 11) is -4.85. The van der Waals surface area contributed by atoms with Crippen LogP contribution >= 0.6 is 22.6 Å². The molecule has 3 aliphatic carbocycles. The van der Waals surface area contributed by atoms with Crippen molar-refractivity contribution in [3.8, 4) is 0 Å². The molecule has 8 atom stereocenters. The number of rotatable bonds is 5. The Morgan fingerprint density at radius 2 is 1.91 bits per heavy atom. The van der Waals surface area contributed by atoms with E-state index in [1.54, 1.807) is 5.57 Å². The van der Waals surface area contributed by atoms with Crippen LogP contribution in [0.2, 0.25) is 18.1 Å². The molecule has 1 heterocycles. The zero-order valence-corrected chi connectivity index (χ0v) is 26.7. The first-order chi connectivity index (χ1) is 15.7. The Balaban J connectivity index is 1.56. The fourth-order valence-corrected chi connectivity index (χ4v) is 12.5. The molecule has 0 radical (unpaired) electrons. The molecule has 4 rings (SSSR count). The van der Waals surface area contributed by atoms with Crippen LogP contribution in [0.25, 0.3) is 0 Å². The second-order valence-electron chi connectivity index (χ2n) is 14.0. The van der Waals surface area contributed by atoms with Crippen LogP contribution in [-0.2, 0) is 14.3 Å². The summed E-state index contributed by atoms with van der Waals surface area (Å²) in [4.78, 5) is 0. The highest BCUT2D eigenvalue weighted by molar-refractivity contribution is 14.1. The largest absolute Gasteiger partial charge is 0.414 e. The van der Waals surface area contributed by atoms with Gasteiger partial charge in [0.15, 0.2) is 18.2 Å². The van der Waals surface area contributed by atoms with E-state index in [1.807, 2.05) is 0 Å². The van der Waals surface area contributed by atoms with Crippen molar-refractivity contribution in [3.05, 3.63) is 11.6 Å². The van der Waals surface area contributed by atoms with Gasteiger partial charge in [0, 0.05) is 10.5 Å². The first-order valence-electron chi connectivity index (χ1n) is 13.9. The summed E-state index contributed by atoms with van der Waals surface area (Å²) < 4.78 is 34.5. The van der Waals surface area contributed by atoms with Gasteiger partial charge in [0.05, 0.1) is 11.0 Å². The standard InChI is InChI=1S/C28H49IO3SSi/c1-19(17-29)24-11-12-25-20(9-8-14-28(24,25)5)15-21-18-33(30,31)26-13-10-22(16-23(21)26)32-34(6,7)27(2,3)4/h15,19,21-26H,8-14,16-18H2,1-7H3/b20-15+/t19-,21-,22+,23-,24-,25-,26+,28-/m1/s1. The van der Waals surface area contributed by atoms with E-state index in [2.05, 4.69) is 76.4 Å². The average molecular weight is 621 g/mol. The molecule has 3 saturated carbocycles. The van der Waals surface area contributed by atoms with E-state index in [4.69, 9.17) is 4.43 Å². The van der Waals surface area contributed by atoms with Crippen molar-refractivity contribution < 1.29 is 12.8 Å². The Kier molecular flexibility index (Phi) is 7.90. The van der Waals surface area contributed by atoms with Gasteiger partial charge in [0.1, 0.15) is 0 Å². The van der Waals surface area contributed by atoms with E-state index in [0.717, 1.165) is 31.1 Å². The second kappa shape index (κ2) is 9.72. The molecule has 0 unspecified atom stereocenters. The van der Waals surface area contributed by atoms with Crippen LogP contribution in [0, 0.1) is 35.0 Å².